The van der Waals surface area contributed by atoms with Crippen LogP contribution in [0.2, 0.25) is 10.0 Å². The highest BCUT2D eigenvalue weighted by atomic mass is 35.5. The number of hydrogen-bond donors (Lipinski definition) is 1. The van der Waals surface area contributed by atoms with Crippen molar-refractivity contribution >= 4 is 44.9 Å². The summed E-state index contributed by atoms with van der Waals surface area (Å²) in [5, 5.41) is 9.78. The molecule has 4 rings (SSSR count). The number of amides is 1. The van der Waals surface area contributed by atoms with Gasteiger partial charge in [0, 0.05) is 16.1 Å². The maximum absolute atomic E-state index is 14.1. The standard InChI is InChI=1S/C28H33Cl2NO6S/c1-28(2,3)38(35,36)23-10-5-4-9-21(23)31-25(17-11-13-19(29)14-12-17)26(18-7-6-8-20(30)15-18)37-22(27(31)34)16-24(32)33/h6-8,11-15,21-23,25-26H,4-5,9-10,16H2,1-3H3,(H,32,33)/t21-,22?,23-,25+,26+/m0/s1. The van der Waals surface area contributed by atoms with Crippen molar-refractivity contribution in [3.05, 3.63) is 69.7 Å². The van der Waals surface area contributed by atoms with Gasteiger partial charge in [0.2, 0.25) is 0 Å². The minimum absolute atomic E-state index is 0.424. The van der Waals surface area contributed by atoms with Crippen molar-refractivity contribution < 1.29 is 27.9 Å². The Balaban J connectivity index is 1.92. The molecule has 10 heteroatoms. The van der Waals surface area contributed by atoms with Crippen LogP contribution in [0.4, 0.5) is 0 Å². The number of ether oxygens (including phenoxy) is 1. The molecular weight excluding hydrogens is 549 g/mol. The Labute approximate surface area is 234 Å². The van der Waals surface area contributed by atoms with E-state index in [1.807, 2.05) is 6.07 Å². The molecule has 1 aliphatic carbocycles. The fourth-order valence-electron chi connectivity index (χ4n) is 5.57. The molecule has 1 saturated heterocycles. The number of rotatable bonds is 6. The van der Waals surface area contributed by atoms with Gasteiger partial charge in [-0.3, -0.25) is 9.59 Å². The summed E-state index contributed by atoms with van der Waals surface area (Å²) in [5.41, 5.74) is 1.37. The molecule has 2 aliphatic rings. The fraction of sp³-hybridized carbons (Fsp3) is 0.500. The molecule has 1 aliphatic heterocycles. The number of carbonyl (C=O) groups excluding carboxylic acids is 1. The Kier molecular flexibility index (Phi) is 8.48. The van der Waals surface area contributed by atoms with Gasteiger partial charge in [-0.2, -0.15) is 0 Å². The Morgan fingerprint density at radius 3 is 2.29 bits per heavy atom. The van der Waals surface area contributed by atoms with Crippen LogP contribution in [0.25, 0.3) is 0 Å². The van der Waals surface area contributed by atoms with Crippen LogP contribution in [-0.2, 0) is 24.2 Å². The molecule has 38 heavy (non-hydrogen) atoms. The summed E-state index contributed by atoms with van der Waals surface area (Å²) in [5.74, 6) is -1.70. The van der Waals surface area contributed by atoms with Gasteiger partial charge in [-0.15, -0.1) is 0 Å². The van der Waals surface area contributed by atoms with Crippen LogP contribution in [-0.4, -0.2) is 52.4 Å². The van der Waals surface area contributed by atoms with Crippen LogP contribution in [0.15, 0.2) is 48.5 Å². The number of carboxylic acids is 1. The Bertz CT molecular complexity index is 1290. The lowest BCUT2D eigenvalue weighted by Crippen LogP contribution is -2.61. The van der Waals surface area contributed by atoms with E-state index in [2.05, 4.69) is 0 Å². The van der Waals surface area contributed by atoms with E-state index in [1.165, 1.54) is 0 Å². The molecule has 1 amide bonds. The van der Waals surface area contributed by atoms with Crippen LogP contribution in [0.5, 0.6) is 0 Å². The summed E-state index contributed by atoms with van der Waals surface area (Å²) in [7, 11) is -3.66. The molecule has 1 heterocycles. The lowest BCUT2D eigenvalue weighted by atomic mass is 9.86. The smallest absolute Gasteiger partial charge is 0.306 e. The summed E-state index contributed by atoms with van der Waals surface area (Å²) in [4.78, 5) is 27.4. The van der Waals surface area contributed by atoms with Gasteiger partial charge in [-0.1, -0.05) is 60.3 Å². The van der Waals surface area contributed by atoms with Gasteiger partial charge >= 0.3 is 5.97 Å². The van der Waals surface area contributed by atoms with Crippen molar-refractivity contribution in [2.24, 2.45) is 0 Å². The first-order valence-electron chi connectivity index (χ1n) is 12.7. The second-order valence-corrected chi connectivity index (χ2v) is 14.8. The van der Waals surface area contributed by atoms with E-state index in [1.54, 1.807) is 68.1 Å². The molecule has 5 atom stereocenters. The molecule has 0 radical (unpaired) electrons. The molecular formula is C28H33Cl2NO6S. The fourth-order valence-corrected chi connectivity index (χ4v) is 7.96. The third kappa shape index (κ3) is 5.74. The second kappa shape index (κ2) is 11.2. The number of hydrogen-bond acceptors (Lipinski definition) is 5. The molecule has 1 unspecified atom stereocenters. The van der Waals surface area contributed by atoms with Crippen molar-refractivity contribution in [1.82, 2.24) is 4.90 Å². The Morgan fingerprint density at radius 2 is 1.68 bits per heavy atom. The van der Waals surface area contributed by atoms with Crippen LogP contribution >= 0.6 is 23.2 Å². The maximum atomic E-state index is 14.1. The predicted octanol–water partition coefficient (Wildman–Crippen LogP) is 6.00. The summed E-state index contributed by atoms with van der Waals surface area (Å²) >= 11 is 12.5. The molecule has 7 nitrogen and oxygen atoms in total. The number of benzene rings is 2. The van der Waals surface area contributed by atoms with Crippen LogP contribution < -0.4 is 0 Å². The monoisotopic (exact) mass is 581 g/mol. The van der Waals surface area contributed by atoms with Crippen LogP contribution in [0, 0.1) is 0 Å². The SMILES string of the molecule is CC(C)(C)S(=O)(=O)[C@H]1CCCC[C@@H]1N1C(=O)C(CC(=O)O)O[C@H](c2cccc(Cl)c2)[C@H]1c1ccc(Cl)cc1. The third-order valence-electron chi connectivity index (χ3n) is 7.45. The first kappa shape index (κ1) is 28.9. The molecule has 0 bridgehead atoms. The highest BCUT2D eigenvalue weighted by molar-refractivity contribution is 7.93. The molecule has 2 fully saturated rings. The molecule has 0 spiro atoms. The number of aliphatic carboxylic acids is 1. The van der Waals surface area contributed by atoms with Gasteiger partial charge in [0.05, 0.1) is 22.5 Å². The van der Waals surface area contributed by atoms with Gasteiger partial charge in [-0.05, 0) is 69.0 Å². The Hall–Kier alpha value is -2.13. The Morgan fingerprint density at radius 1 is 1.03 bits per heavy atom. The summed E-state index contributed by atoms with van der Waals surface area (Å²) in [6.45, 7) is 5.02. The normalized spacial score (nSPS) is 26.8. The van der Waals surface area contributed by atoms with Gasteiger partial charge in [0.25, 0.3) is 5.91 Å². The van der Waals surface area contributed by atoms with E-state index in [0.717, 1.165) is 12.8 Å². The van der Waals surface area contributed by atoms with E-state index >= 15 is 0 Å². The molecule has 2 aromatic carbocycles. The molecule has 1 saturated carbocycles. The zero-order valence-electron chi connectivity index (χ0n) is 21.6. The zero-order valence-corrected chi connectivity index (χ0v) is 24.0. The average Bonchev–Trinajstić information content (AvgIpc) is 2.84. The van der Waals surface area contributed by atoms with Crippen molar-refractivity contribution in [3.63, 3.8) is 0 Å². The van der Waals surface area contributed by atoms with Gasteiger partial charge < -0.3 is 14.7 Å². The van der Waals surface area contributed by atoms with Crippen molar-refractivity contribution in [1.29, 1.82) is 0 Å². The molecule has 2 aromatic rings. The highest BCUT2D eigenvalue weighted by Crippen LogP contribution is 2.47. The first-order valence-corrected chi connectivity index (χ1v) is 15.1. The quantitative estimate of drug-likeness (QED) is 0.448. The van der Waals surface area contributed by atoms with E-state index < -0.39 is 62.4 Å². The number of carboxylic acid groups (broad SMARTS) is 1. The number of halogens is 2. The van der Waals surface area contributed by atoms with Crippen molar-refractivity contribution in [2.75, 3.05) is 0 Å². The van der Waals surface area contributed by atoms with Crippen molar-refractivity contribution in [3.8, 4) is 0 Å². The lowest BCUT2D eigenvalue weighted by molar-refractivity contribution is -0.184. The van der Waals surface area contributed by atoms with Crippen LogP contribution in [0.1, 0.15) is 76.1 Å². The molecule has 206 valence electrons. The number of sulfone groups is 1. The van der Waals surface area contributed by atoms with E-state index in [9.17, 15) is 23.1 Å². The van der Waals surface area contributed by atoms with E-state index in [4.69, 9.17) is 27.9 Å². The van der Waals surface area contributed by atoms with Crippen molar-refractivity contribution in [2.45, 2.75) is 87.2 Å². The predicted molar refractivity (Wildman–Crippen MR) is 147 cm³/mol. The first-order chi connectivity index (χ1) is 17.8. The minimum Gasteiger partial charge on any atom is -0.481 e. The van der Waals surface area contributed by atoms with Gasteiger partial charge in [0.15, 0.2) is 9.84 Å². The maximum Gasteiger partial charge on any atom is 0.306 e. The van der Waals surface area contributed by atoms with E-state index in [0.29, 0.717) is 34.0 Å². The summed E-state index contributed by atoms with van der Waals surface area (Å²) in [6, 6.07) is 12.7. The average molecular weight is 583 g/mol. The lowest BCUT2D eigenvalue weighted by Gasteiger charge is -2.51. The molecule has 0 aromatic heterocycles. The number of nitrogens with zero attached hydrogens (tertiary/aromatic N) is 1. The number of carbonyl (C=O) groups is 2. The molecule has 1 N–H and O–H groups in total. The highest BCUT2D eigenvalue weighted by Gasteiger charge is 2.52. The second-order valence-electron chi connectivity index (χ2n) is 11.0. The minimum atomic E-state index is -3.66. The number of morpholine rings is 1. The largest absolute Gasteiger partial charge is 0.481 e. The van der Waals surface area contributed by atoms with Gasteiger partial charge in [0.1, 0.15) is 12.2 Å². The zero-order chi connectivity index (χ0) is 27.8. The van der Waals surface area contributed by atoms with Crippen LogP contribution in [0.3, 0.4) is 0 Å². The van der Waals surface area contributed by atoms with Gasteiger partial charge in [-0.25, -0.2) is 8.42 Å². The van der Waals surface area contributed by atoms with E-state index in [-0.39, 0.29) is 0 Å². The summed E-state index contributed by atoms with van der Waals surface area (Å²) < 4.78 is 32.8. The summed E-state index contributed by atoms with van der Waals surface area (Å²) in [6.07, 6.45) is -0.202. The topological polar surface area (TPSA) is 101 Å². The third-order valence-corrected chi connectivity index (χ3v) is 11.0.